The summed E-state index contributed by atoms with van der Waals surface area (Å²) < 4.78 is 0. The van der Waals surface area contributed by atoms with Gasteiger partial charge >= 0.3 is 5.97 Å². The lowest BCUT2D eigenvalue weighted by molar-refractivity contribution is -0.131. The van der Waals surface area contributed by atoms with E-state index in [0.29, 0.717) is 6.42 Å². The van der Waals surface area contributed by atoms with Gasteiger partial charge in [-0.3, -0.25) is 4.79 Å². The highest BCUT2D eigenvalue weighted by atomic mass is 16.4. The average Bonchev–Trinajstić information content (AvgIpc) is 3.07. The van der Waals surface area contributed by atoms with Gasteiger partial charge in [-0.15, -0.1) is 0 Å². The smallest absolute Gasteiger partial charge is 0.327 e. The van der Waals surface area contributed by atoms with Crippen molar-refractivity contribution in [1.29, 1.82) is 0 Å². The Morgan fingerprint density at radius 2 is 1.70 bits per heavy atom. The number of carboxylic acid groups (broad SMARTS) is 1. The van der Waals surface area contributed by atoms with Crippen LogP contribution in [0.5, 0.6) is 0 Å². The summed E-state index contributed by atoms with van der Waals surface area (Å²) in [5.74, 6) is -0.644. The van der Waals surface area contributed by atoms with Crippen LogP contribution in [-0.4, -0.2) is 41.2 Å². The maximum absolute atomic E-state index is 12.0. The highest BCUT2D eigenvalue weighted by molar-refractivity contribution is 5.98. The number of nitrogens with two attached hydrogens (primary N) is 2. The quantitative estimate of drug-likeness (QED) is 0.217. The standard InChI is InChI=1S/C20H32O4.C4H12N2/c1-2-3-6-9-17(21)14-12-16-13-15-19(22)18(16)10-7-4-5-8-11-20(23)24;5-3-1-2-4-6/h8,11,17,21H,2-7,9-10,12-15H2,1H3,(H,23,24);1-6H2/t17-;/m0./s1. The van der Waals surface area contributed by atoms with Crippen LogP contribution in [0, 0.1) is 0 Å². The van der Waals surface area contributed by atoms with E-state index in [4.69, 9.17) is 16.6 Å². The molecule has 0 bridgehead atoms. The average molecular weight is 425 g/mol. The third-order valence-electron chi connectivity index (χ3n) is 5.30. The number of ketones is 1. The van der Waals surface area contributed by atoms with Crippen molar-refractivity contribution in [3.05, 3.63) is 23.3 Å². The molecule has 0 aromatic heterocycles. The maximum atomic E-state index is 12.0. The topological polar surface area (TPSA) is 127 Å². The molecule has 174 valence electrons. The molecule has 30 heavy (non-hydrogen) atoms. The molecule has 0 fully saturated rings. The number of aliphatic hydroxyl groups excluding tert-OH is 1. The van der Waals surface area contributed by atoms with E-state index in [9.17, 15) is 14.7 Å². The molecule has 1 rings (SSSR count). The first-order chi connectivity index (χ1) is 14.5. The number of Topliss-reactive ketones (excluding diaryl/α,β-unsaturated/α-hetero) is 1. The summed E-state index contributed by atoms with van der Waals surface area (Å²) in [5, 5.41) is 18.6. The van der Waals surface area contributed by atoms with Crippen molar-refractivity contribution >= 4 is 11.8 Å². The van der Waals surface area contributed by atoms with Crippen molar-refractivity contribution in [2.45, 2.75) is 103 Å². The fourth-order valence-corrected chi connectivity index (χ4v) is 3.51. The number of rotatable bonds is 16. The minimum atomic E-state index is -0.913. The molecule has 0 heterocycles. The number of carboxylic acids is 1. The van der Waals surface area contributed by atoms with Crippen molar-refractivity contribution in [1.82, 2.24) is 0 Å². The van der Waals surface area contributed by atoms with E-state index >= 15 is 0 Å². The summed E-state index contributed by atoms with van der Waals surface area (Å²) in [6.07, 6.45) is 15.4. The van der Waals surface area contributed by atoms with Crippen LogP contribution in [0.1, 0.15) is 96.8 Å². The van der Waals surface area contributed by atoms with E-state index in [1.807, 2.05) is 0 Å². The molecule has 6 heteroatoms. The van der Waals surface area contributed by atoms with Crippen molar-refractivity contribution in [2.75, 3.05) is 13.1 Å². The summed E-state index contributed by atoms with van der Waals surface area (Å²) in [6.45, 7) is 3.71. The van der Waals surface area contributed by atoms with Gasteiger partial charge in [0.15, 0.2) is 5.78 Å². The summed E-state index contributed by atoms with van der Waals surface area (Å²) in [5.41, 5.74) is 12.5. The molecular formula is C24H44N2O4. The van der Waals surface area contributed by atoms with E-state index in [0.717, 1.165) is 95.7 Å². The molecule has 0 aromatic carbocycles. The second kappa shape index (κ2) is 19.5. The van der Waals surface area contributed by atoms with Gasteiger partial charge in [0.25, 0.3) is 0 Å². The van der Waals surface area contributed by atoms with Gasteiger partial charge in [0, 0.05) is 12.5 Å². The fraction of sp³-hybridized carbons (Fsp3) is 0.750. The second-order valence-corrected chi connectivity index (χ2v) is 7.96. The Morgan fingerprint density at radius 3 is 2.30 bits per heavy atom. The molecule has 1 atom stereocenters. The van der Waals surface area contributed by atoms with Crippen molar-refractivity contribution in [3.63, 3.8) is 0 Å². The van der Waals surface area contributed by atoms with Gasteiger partial charge in [-0.1, -0.05) is 37.8 Å². The predicted octanol–water partition coefficient (Wildman–Crippen LogP) is 4.25. The van der Waals surface area contributed by atoms with Crippen LogP contribution in [0.25, 0.3) is 0 Å². The Morgan fingerprint density at radius 1 is 1.00 bits per heavy atom. The highest BCUT2D eigenvalue weighted by Gasteiger charge is 2.22. The molecule has 0 saturated heterocycles. The van der Waals surface area contributed by atoms with Crippen LogP contribution in [0.2, 0.25) is 0 Å². The number of allylic oxidation sites excluding steroid dienone is 3. The summed E-state index contributed by atoms with van der Waals surface area (Å²) in [4.78, 5) is 22.4. The Balaban J connectivity index is 0.00000122. The van der Waals surface area contributed by atoms with Gasteiger partial charge in [0.2, 0.25) is 0 Å². The SMILES string of the molecule is CCCCC[C@H](O)CCC1=C(CCCCC=CC(=O)O)C(=O)CC1.NCCCCN. The van der Waals surface area contributed by atoms with Gasteiger partial charge in [0.05, 0.1) is 6.10 Å². The summed E-state index contributed by atoms with van der Waals surface area (Å²) >= 11 is 0. The highest BCUT2D eigenvalue weighted by Crippen LogP contribution is 2.31. The molecular weight excluding hydrogens is 380 g/mol. The lowest BCUT2D eigenvalue weighted by atomic mass is 9.97. The van der Waals surface area contributed by atoms with Crippen molar-refractivity contribution in [2.24, 2.45) is 11.5 Å². The summed E-state index contributed by atoms with van der Waals surface area (Å²) in [6, 6.07) is 0. The first kappa shape index (κ1) is 28.5. The molecule has 6 nitrogen and oxygen atoms in total. The zero-order valence-electron chi connectivity index (χ0n) is 18.9. The van der Waals surface area contributed by atoms with Crippen LogP contribution in [0.3, 0.4) is 0 Å². The number of carbonyl (C=O) groups excluding carboxylic acids is 1. The lowest BCUT2D eigenvalue weighted by Gasteiger charge is -2.12. The number of hydrogen-bond acceptors (Lipinski definition) is 5. The summed E-state index contributed by atoms with van der Waals surface area (Å²) in [7, 11) is 0. The Kier molecular flexibility index (Phi) is 18.5. The minimum absolute atomic E-state index is 0.248. The molecule has 6 N–H and O–H groups in total. The van der Waals surface area contributed by atoms with E-state index in [-0.39, 0.29) is 11.9 Å². The molecule has 1 aliphatic rings. The maximum Gasteiger partial charge on any atom is 0.327 e. The molecule has 0 unspecified atom stereocenters. The van der Waals surface area contributed by atoms with E-state index < -0.39 is 5.97 Å². The molecule has 0 amide bonds. The normalized spacial score (nSPS) is 14.9. The van der Waals surface area contributed by atoms with Crippen LogP contribution < -0.4 is 11.5 Å². The van der Waals surface area contributed by atoms with E-state index in [2.05, 4.69) is 6.92 Å². The zero-order valence-corrected chi connectivity index (χ0v) is 18.9. The van der Waals surface area contributed by atoms with Crippen LogP contribution in [0.4, 0.5) is 0 Å². The minimum Gasteiger partial charge on any atom is -0.478 e. The lowest BCUT2D eigenvalue weighted by Crippen LogP contribution is -2.07. The first-order valence-electron chi connectivity index (χ1n) is 11.7. The van der Waals surface area contributed by atoms with Crippen molar-refractivity contribution in [3.8, 4) is 0 Å². The third-order valence-corrected chi connectivity index (χ3v) is 5.30. The molecule has 0 aromatic rings. The van der Waals surface area contributed by atoms with Crippen LogP contribution in [-0.2, 0) is 9.59 Å². The van der Waals surface area contributed by atoms with Crippen LogP contribution >= 0.6 is 0 Å². The predicted molar refractivity (Wildman–Crippen MR) is 123 cm³/mol. The molecule has 0 saturated carbocycles. The monoisotopic (exact) mass is 424 g/mol. The van der Waals surface area contributed by atoms with Gasteiger partial charge in [0.1, 0.15) is 0 Å². The number of carbonyl (C=O) groups is 2. The molecule has 0 radical (unpaired) electrons. The largest absolute Gasteiger partial charge is 0.478 e. The second-order valence-electron chi connectivity index (χ2n) is 7.96. The number of unbranched alkanes of at least 4 members (excludes halogenated alkanes) is 5. The molecule has 0 aliphatic heterocycles. The molecule has 1 aliphatic carbocycles. The van der Waals surface area contributed by atoms with E-state index in [1.165, 1.54) is 18.1 Å². The van der Waals surface area contributed by atoms with Gasteiger partial charge in [-0.2, -0.15) is 0 Å². The Labute approximate surface area is 182 Å². The number of aliphatic hydroxyl groups is 1. The van der Waals surface area contributed by atoms with Crippen molar-refractivity contribution < 1.29 is 19.8 Å². The number of hydrogen-bond donors (Lipinski definition) is 4. The van der Waals surface area contributed by atoms with E-state index in [1.54, 1.807) is 6.08 Å². The van der Waals surface area contributed by atoms with Gasteiger partial charge in [-0.25, -0.2) is 4.79 Å². The van der Waals surface area contributed by atoms with Gasteiger partial charge < -0.3 is 21.7 Å². The van der Waals surface area contributed by atoms with Crippen LogP contribution in [0.15, 0.2) is 23.3 Å². The van der Waals surface area contributed by atoms with Gasteiger partial charge in [-0.05, 0) is 82.9 Å². The number of aliphatic carboxylic acids is 1. The molecule has 0 spiro atoms. The third kappa shape index (κ3) is 15.4. The first-order valence-corrected chi connectivity index (χ1v) is 11.7. The Bertz CT molecular complexity index is 525. The fourth-order valence-electron chi connectivity index (χ4n) is 3.51. The zero-order chi connectivity index (χ0) is 22.6. The Hall–Kier alpha value is -1.50.